The van der Waals surface area contributed by atoms with Crippen LogP contribution in [-0.2, 0) is 0 Å². The van der Waals surface area contributed by atoms with Crippen LogP contribution in [0.5, 0.6) is 5.75 Å². The quantitative estimate of drug-likeness (QED) is 0.730. The van der Waals surface area contributed by atoms with Gasteiger partial charge in [-0.1, -0.05) is 41.9 Å². The van der Waals surface area contributed by atoms with Crippen molar-refractivity contribution < 1.29 is 14.3 Å². The largest absolute Gasteiger partial charge is 0.657 e. The van der Waals surface area contributed by atoms with Crippen molar-refractivity contribution in [2.45, 2.75) is 0 Å². The number of rotatable bonds is 1. The molecule has 1 heterocycles. The van der Waals surface area contributed by atoms with E-state index in [0.717, 1.165) is 11.1 Å². The zero-order chi connectivity index (χ0) is 12.7. The van der Waals surface area contributed by atoms with Crippen LogP contribution in [0.3, 0.4) is 0 Å². The number of hydrogen-bond acceptors (Lipinski definition) is 3. The van der Waals surface area contributed by atoms with E-state index in [1.54, 1.807) is 6.07 Å². The number of benzene rings is 2. The second-order valence-electron chi connectivity index (χ2n) is 3.83. The molecule has 2 aromatic carbocycles. The number of hydrogen-bond donors (Lipinski definition) is 0. The summed E-state index contributed by atoms with van der Waals surface area (Å²) in [6.45, 7) is 0. The molecule has 0 bridgehead atoms. The van der Waals surface area contributed by atoms with Gasteiger partial charge in [0.25, 0.3) is 0 Å². The third-order valence-corrected chi connectivity index (χ3v) is 3.03. The Bertz CT molecular complexity index is 667. The van der Waals surface area contributed by atoms with Gasteiger partial charge in [0.05, 0.1) is 5.02 Å². The molecule has 0 aliphatic carbocycles. The van der Waals surface area contributed by atoms with Gasteiger partial charge in [-0.3, -0.25) is 0 Å². The van der Waals surface area contributed by atoms with Crippen molar-refractivity contribution in [1.82, 2.24) is 0 Å². The van der Waals surface area contributed by atoms with Crippen molar-refractivity contribution in [2.75, 3.05) is 0 Å². The van der Waals surface area contributed by atoms with Crippen LogP contribution in [0, 0.1) is 4.91 Å². The van der Waals surface area contributed by atoms with Gasteiger partial charge >= 0.3 is 11.8 Å². The predicted octanol–water partition coefficient (Wildman–Crippen LogP) is 3.93. The topological polar surface area (TPSA) is 46.4 Å². The Morgan fingerprint density at radius 2 is 1.83 bits per heavy atom. The van der Waals surface area contributed by atoms with Crippen molar-refractivity contribution in [3.05, 3.63) is 52.4 Å². The molecular weight excluding hydrogens is 254 g/mol. The predicted molar refractivity (Wildman–Crippen MR) is 66.2 cm³/mol. The maximum Gasteiger partial charge on any atom is 0.657 e. The zero-order valence-electron chi connectivity index (χ0n) is 9.09. The van der Waals surface area contributed by atoms with Gasteiger partial charge in [-0.05, 0) is 11.6 Å². The first-order valence-electron chi connectivity index (χ1n) is 5.25. The lowest BCUT2D eigenvalue weighted by molar-refractivity contribution is -0.357. The number of halogens is 1. The number of carbonyl (C=O) groups excluding carboxylic acids is 1. The van der Waals surface area contributed by atoms with Crippen LogP contribution in [0.2, 0.25) is 5.02 Å². The van der Waals surface area contributed by atoms with Gasteiger partial charge in [-0.2, -0.15) is 4.79 Å². The molecule has 2 aromatic rings. The smallest absolute Gasteiger partial charge is 0.362 e. The molecule has 0 N–H and O–H groups in total. The number of fused-ring (bicyclic) bond motifs is 1. The Morgan fingerprint density at radius 1 is 1.11 bits per heavy atom. The standard InChI is InChI=1S/C13H7ClNO3/c14-10-7-11-12(18-13(16)15(11)17)6-9(10)8-4-2-1-3-5-8/h1-7H/q+1. The summed E-state index contributed by atoms with van der Waals surface area (Å²) in [5.41, 5.74) is 1.76. The molecule has 0 spiro atoms. The average molecular weight is 261 g/mol. The van der Waals surface area contributed by atoms with Crippen LogP contribution in [0.1, 0.15) is 0 Å². The Hall–Kier alpha value is -2.20. The number of nitrogens with zero attached hydrogens (tertiary/aromatic N) is 1. The molecule has 5 heteroatoms. The van der Waals surface area contributed by atoms with Crippen LogP contribution in [-0.4, -0.2) is 10.9 Å². The van der Waals surface area contributed by atoms with E-state index in [1.165, 1.54) is 6.07 Å². The molecule has 0 saturated carbocycles. The molecule has 0 unspecified atom stereocenters. The molecule has 0 radical (unpaired) electrons. The van der Waals surface area contributed by atoms with Crippen LogP contribution in [0.15, 0.2) is 42.5 Å². The molecule has 0 saturated heterocycles. The molecule has 0 fully saturated rings. The summed E-state index contributed by atoms with van der Waals surface area (Å²) >= 11 is 6.12. The lowest BCUT2D eigenvalue weighted by Gasteiger charge is -2.03. The first-order valence-corrected chi connectivity index (χ1v) is 5.62. The third kappa shape index (κ3) is 1.58. The Kier molecular flexibility index (Phi) is 2.38. The van der Waals surface area contributed by atoms with Crippen molar-refractivity contribution in [1.29, 1.82) is 0 Å². The van der Waals surface area contributed by atoms with E-state index >= 15 is 0 Å². The van der Waals surface area contributed by atoms with E-state index in [9.17, 15) is 9.70 Å². The Morgan fingerprint density at radius 3 is 2.56 bits per heavy atom. The number of amides is 1. The SMILES string of the molecule is O=C1Oc2cc(-c3ccccc3)c(Cl)cc2[N+]1=O. The molecular formula is C13H7ClNO3+. The van der Waals surface area contributed by atoms with Gasteiger partial charge in [-0.25, -0.2) is 0 Å². The average Bonchev–Trinajstić information content (AvgIpc) is 2.66. The lowest BCUT2D eigenvalue weighted by Crippen LogP contribution is -2.08. The first kappa shape index (κ1) is 10.9. The van der Waals surface area contributed by atoms with Crippen LogP contribution in [0.25, 0.3) is 11.1 Å². The fraction of sp³-hybridized carbons (Fsp3) is 0. The Balaban J connectivity index is 2.18. The minimum Gasteiger partial charge on any atom is -0.362 e. The van der Waals surface area contributed by atoms with E-state index < -0.39 is 6.09 Å². The molecule has 88 valence electrons. The van der Waals surface area contributed by atoms with Crippen molar-refractivity contribution in [3.8, 4) is 16.9 Å². The fourth-order valence-electron chi connectivity index (χ4n) is 1.86. The van der Waals surface area contributed by atoms with Crippen molar-refractivity contribution in [2.24, 2.45) is 0 Å². The maximum atomic E-state index is 11.4. The normalized spacial score (nSPS) is 13.4. The van der Waals surface area contributed by atoms with Gasteiger partial charge < -0.3 is 4.74 Å². The highest BCUT2D eigenvalue weighted by atomic mass is 35.5. The molecule has 0 atom stereocenters. The molecule has 4 nitrogen and oxygen atoms in total. The summed E-state index contributed by atoms with van der Waals surface area (Å²) < 4.78 is 5.04. The van der Waals surface area contributed by atoms with Crippen molar-refractivity contribution >= 4 is 23.4 Å². The Labute approximate surface area is 107 Å². The second-order valence-corrected chi connectivity index (χ2v) is 4.24. The summed E-state index contributed by atoms with van der Waals surface area (Å²) in [7, 11) is 0. The van der Waals surface area contributed by atoms with Gasteiger partial charge in [0.15, 0.2) is 4.76 Å². The first-order chi connectivity index (χ1) is 8.66. The summed E-state index contributed by atoms with van der Waals surface area (Å²) in [6.07, 6.45) is -0.939. The number of ether oxygens (including phenoxy) is 1. The second kappa shape index (κ2) is 3.92. The van der Waals surface area contributed by atoms with Gasteiger partial charge in [0.1, 0.15) is 0 Å². The molecule has 3 rings (SSSR count). The fourth-order valence-corrected chi connectivity index (χ4v) is 2.12. The van der Waals surface area contributed by atoms with Gasteiger partial charge in [-0.15, -0.1) is 0 Å². The van der Waals surface area contributed by atoms with E-state index in [2.05, 4.69) is 0 Å². The minimum atomic E-state index is -0.939. The lowest BCUT2D eigenvalue weighted by atomic mass is 10.0. The molecule has 1 aliphatic rings. The summed E-state index contributed by atoms with van der Waals surface area (Å²) in [5.74, 6) is 0.234. The van der Waals surface area contributed by atoms with Crippen molar-refractivity contribution in [3.63, 3.8) is 0 Å². The molecule has 0 aromatic heterocycles. The van der Waals surface area contributed by atoms with Crippen LogP contribution in [0.4, 0.5) is 10.5 Å². The molecule has 18 heavy (non-hydrogen) atoms. The summed E-state index contributed by atoms with van der Waals surface area (Å²) in [6, 6.07) is 12.5. The highest BCUT2D eigenvalue weighted by Crippen LogP contribution is 2.41. The van der Waals surface area contributed by atoms with E-state index in [-0.39, 0.29) is 16.2 Å². The zero-order valence-corrected chi connectivity index (χ0v) is 9.85. The maximum absolute atomic E-state index is 11.4. The van der Waals surface area contributed by atoms with Crippen LogP contribution >= 0.6 is 11.6 Å². The molecule has 1 aliphatic heterocycles. The van der Waals surface area contributed by atoms with E-state index in [0.29, 0.717) is 5.02 Å². The van der Waals surface area contributed by atoms with E-state index in [4.69, 9.17) is 16.3 Å². The summed E-state index contributed by atoms with van der Waals surface area (Å²) in [5, 5.41) is 0.402. The minimum absolute atomic E-state index is 0.143. The highest BCUT2D eigenvalue weighted by molar-refractivity contribution is 6.33. The van der Waals surface area contributed by atoms with Gasteiger partial charge in [0, 0.05) is 16.5 Å². The monoisotopic (exact) mass is 260 g/mol. The van der Waals surface area contributed by atoms with Gasteiger partial charge in [0.2, 0.25) is 5.75 Å². The number of carbonyl (C=O) groups is 1. The third-order valence-electron chi connectivity index (χ3n) is 2.72. The number of nitroso groups, excluding NO2 is 1. The molecule has 1 amide bonds. The highest BCUT2D eigenvalue weighted by Gasteiger charge is 2.42. The van der Waals surface area contributed by atoms with Crippen LogP contribution < -0.4 is 4.74 Å². The summed E-state index contributed by atoms with van der Waals surface area (Å²) in [4.78, 5) is 22.5. The van der Waals surface area contributed by atoms with E-state index in [1.807, 2.05) is 30.3 Å².